The summed E-state index contributed by atoms with van der Waals surface area (Å²) >= 11 is 1.50. The van der Waals surface area contributed by atoms with Crippen molar-refractivity contribution < 1.29 is 14.0 Å². The van der Waals surface area contributed by atoms with E-state index in [9.17, 15) is 14.0 Å². The molecule has 2 heterocycles. The van der Waals surface area contributed by atoms with Crippen molar-refractivity contribution in [1.29, 1.82) is 0 Å². The summed E-state index contributed by atoms with van der Waals surface area (Å²) in [6.45, 7) is 3.91. The summed E-state index contributed by atoms with van der Waals surface area (Å²) in [6, 6.07) is 7.67. The highest BCUT2D eigenvalue weighted by molar-refractivity contribution is 7.10. The van der Waals surface area contributed by atoms with Gasteiger partial charge in [0.2, 0.25) is 11.8 Å². The standard InChI is InChI=1S/C19H21FN2O2S/c1-3-12(4-2)19(24)22-11-17(23)21-15-8-7-13(20)10-14(15)18(22)16-6-5-9-25-16/h5-10,12,18H,3-4,11H2,1-2H3,(H,21,23). The number of nitrogens with one attached hydrogen (secondary N) is 1. The fourth-order valence-corrected chi connectivity index (χ4v) is 4.16. The summed E-state index contributed by atoms with van der Waals surface area (Å²) in [5, 5.41) is 4.73. The van der Waals surface area contributed by atoms with Crippen LogP contribution in [0.15, 0.2) is 35.7 Å². The van der Waals surface area contributed by atoms with Gasteiger partial charge < -0.3 is 10.2 Å². The second-order valence-electron chi connectivity index (χ2n) is 6.18. The first-order valence-corrected chi connectivity index (χ1v) is 9.36. The van der Waals surface area contributed by atoms with E-state index >= 15 is 0 Å². The minimum absolute atomic E-state index is 0.0335. The molecule has 1 aliphatic heterocycles. The summed E-state index contributed by atoms with van der Waals surface area (Å²) in [5.74, 6) is -0.848. The summed E-state index contributed by atoms with van der Waals surface area (Å²) in [7, 11) is 0. The Labute approximate surface area is 150 Å². The van der Waals surface area contributed by atoms with Gasteiger partial charge in [-0.2, -0.15) is 0 Å². The van der Waals surface area contributed by atoms with Crippen LogP contribution < -0.4 is 5.32 Å². The molecule has 4 nitrogen and oxygen atoms in total. The third-order valence-corrected chi connectivity index (χ3v) is 5.56. The third-order valence-electron chi connectivity index (χ3n) is 4.64. The van der Waals surface area contributed by atoms with E-state index in [4.69, 9.17) is 0 Å². The van der Waals surface area contributed by atoms with Gasteiger partial charge in [-0.15, -0.1) is 11.3 Å². The molecular weight excluding hydrogens is 339 g/mol. The normalized spacial score (nSPS) is 17.2. The molecule has 2 amide bonds. The number of benzene rings is 1. The second kappa shape index (κ2) is 7.35. The van der Waals surface area contributed by atoms with E-state index in [1.165, 1.54) is 23.5 Å². The van der Waals surface area contributed by atoms with E-state index in [0.29, 0.717) is 24.1 Å². The van der Waals surface area contributed by atoms with E-state index in [1.54, 1.807) is 11.0 Å². The van der Waals surface area contributed by atoms with Gasteiger partial charge in [-0.1, -0.05) is 19.9 Å². The van der Waals surface area contributed by atoms with Crippen molar-refractivity contribution in [2.24, 2.45) is 5.92 Å². The highest BCUT2D eigenvalue weighted by Gasteiger charge is 2.36. The van der Waals surface area contributed by atoms with E-state index in [0.717, 1.165) is 4.88 Å². The van der Waals surface area contributed by atoms with E-state index in [1.807, 2.05) is 31.4 Å². The van der Waals surface area contributed by atoms with Crippen LogP contribution in [0.3, 0.4) is 0 Å². The number of hydrogen-bond donors (Lipinski definition) is 1. The zero-order valence-electron chi connectivity index (χ0n) is 14.3. The predicted octanol–water partition coefficient (Wildman–Crippen LogP) is 4.19. The molecule has 1 atom stereocenters. The van der Waals surface area contributed by atoms with Crippen LogP contribution in [0.1, 0.15) is 43.2 Å². The maximum absolute atomic E-state index is 13.9. The Morgan fingerprint density at radius 1 is 1.36 bits per heavy atom. The number of amides is 2. The molecule has 0 fully saturated rings. The van der Waals surface area contributed by atoms with Crippen LogP contribution in [0.25, 0.3) is 0 Å². The van der Waals surface area contributed by atoms with Gasteiger partial charge in [0.15, 0.2) is 0 Å². The Bertz CT molecular complexity index is 772. The van der Waals surface area contributed by atoms with E-state index in [2.05, 4.69) is 5.32 Å². The fraction of sp³-hybridized carbons (Fsp3) is 0.368. The number of carbonyl (C=O) groups is 2. The van der Waals surface area contributed by atoms with Crippen LogP contribution in [0.2, 0.25) is 0 Å². The van der Waals surface area contributed by atoms with Crippen molar-refractivity contribution >= 4 is 28.8 Å². The number of halogens is 1. The van der Waals surface area contributed by atoms with Crippen molar-refractivity contribution in [1.82, 2.24) is 4.90 Å². The molecule has 0 bridgehead atoms. The summed E-state index contributed by atoms with van der Waals surface area (Å²) in [4.78, 5) is 28.0. The van der Waals surface area contributed by atoms with Crippen LogP contribution in [-0.2, 0) is 9.59 Å². The van der Waals surface area contributed by atoms with Crippen molar-refractivity contribution in [3.05, 3.63) is 52.0 Å². The molecule has 1 aromatic heterocycles. The minimum Gasteiger partial charge on any atom is -0.324 e. The van der Waals surface area contributed by atoms with Gasteiger partial charge in [-0.25, -0.2) is 4.39 Å². The number of thiophene rings is 1. The summed E-state index contributed by atoms with van der Waals surface area (Å²) in [5.41, 5.74) is 1.18. The zero-order chi connectivity index (χ0) is 18.0. The average molecular weight is 360 g/mol. The van der Waals surface area contributed by atoms with Gasteiger partial charge in [0, 0.05) is 22.0 Å². The van der Waals surface area contributed by atoms with Crippen molar-refractivity contribution in [2.45, 2.75) is 32.7 Å². The summed E-state index contributed by atoms with van der Waals surface area (Å²) in [6.07, 6.45) is 1.42. The topological polar surface area (TPSA) is 49.4 Å². The Balaban J connectivity index is 2.15. The van der Waals surface area contributed by atoms with Gasteiger partial charge in [-0.05, 0) is 42.5 Å². The Morgan fingerprint density at radius 2 is 2.12 bits per heavy atom. The smallest absolute Gasteiger partial charge is 0.244 e. The Morgan fingerprint density at radius 3 is 2.76 bits per heavy atom. The minimum atomic E-state index is -0.460. The molecule has 0 aliphatic carbocycles. The lowest BCUT2D eigenvalue weighted by atomic mass is 9.97. The highest BCUT2D eigenvalue weighted by atomic mass is 32.1. The molecule has 0 saturated carbocycles. The SMILES string of the molecule is CCC(CC)C(=O)N1CC(=O)Nc2ccc(F)cc2C1c1cccs1. The molecule has 6 heteroatoms. The number of carbonyl (C=O) groups excluding carboxylic acids is 2. The highest BCUT2D eigenvalue weighted by Crippen LogP contribution is 2.39. The number of anilines is 1. The molecule has 1 unspecified atom stereocenters. The predicted molar refractivity (Wildman–Crippen MR) is 97.0 cm³/mol. The number of nitrogens with zero attached hydrogens (tertiary/aromatic N) is 1. The molecule has 1 aliphatic rings. The molecule has 25 heavy (non-hydrogen) atoms. The van der Waals surface area contributed by atoms with Crippen LogP contribution in [0.5, 0.6) is 0 Å². The van der Waals surface area contributed by atoms with Gasteiger partial charge in [0.05, 0.1) is 6.04 Å². The maximum atomic E-state index is 13.9. The van der Waals surface area contributed by atoms with Crippen LogP contribution >= 0.6 is 11.3 Å². The molecule has 0 saturated heterocycles. The van der Waals surface area contributed by atoms with Crippen molar-refractivity contribution in [2.75, 3.05) is 11.9 Å². The quantitative estimate of drug-likeness (QED) is 0.889. The lowest BCUT2D eigenvalue weighted by molar-refractivity contribution is -0.140. The lowest BCUT2D eigenvalue weighted by Crippen LogP contribution is -2.41. The van der Waals surface area contributed by atoms with Crippen LogP contribution in [0.4, 0.5) is 10.1 Å². The zero-order valence-corrected chi connectivity index (χ0v) is 15.1. The maximum Gasteiger partial charge on any atom is 0.244 e. The first-order valence-electron chi connectivity index (χ1n) is 8.48. The molecule has 3 rings (SSSR count). The van der Waals surface area contributed by atoms with Gasteiger partial charge >= 0.3 is 0 Å². The van der Waals surface area contributed by atoms with Gasteiger partial charge in [0.1, 0.15) is 12.4 Å². The number of rotatable bonds is 4. The van der Waals surface area contributed by atoms with Crippen molar-refractivity contribution in [3.8, 4) is 0 Å². The first-order chi connectivity index (χ1) is 12.0. The van der Waals surface area contributed by atoms with Crippen LogP contribution in [0, 0.1) is 11.7 Å². The van der Waals surface area contributed by atoms with E-state index in [-0.39, 0.29) is 30.1 Å². The molecule has 132 valence electrons. The van der Waals surface area contributed by atoms with E-state index < -0.39 is 6.04 Å². The molecular formula is C19H21FN2O2S. The van der Waals surface area contributed by atoms with Gasteiger partial charge in [0.25, 0.3) is 0 Å². The lowest BCUT2D eigenvalue weighted by Gasteiger charge is -2.32. The number of fused-ring (bicyclic) bond motifs is 1. The third kappa shape index (κ3) is 3.44. The monoisotopic (exact) mass is 360 g/mol. The summed E-state index contributed by atoms with van der Waals surface area (Å²) < 4.78 is 13.9. The Kier molecular flexibility index (Phi) is 5.18. The molecule has 0 spiro atoms. The first kappa shape index (κ1) is 17.6. The Hall–Kier alpha value is -2.21. The number of hydrogen-bond acceptors (Lipinski definition) is 3. The molecule has 1 aromatic carbocycles. The van der Waals surface area contributed by atoms with Gasteiger partial charge in [-0.3, -0.25) is 9.59 Å². The largest absolute Gasteiger partial charge is 0.324 e. The second-order valence-corrected chi connectivity index (χ2v) is 7.16. The molecule has 2 aromatic rings. The van der Waals surface area contributed by atoms with Crippen LogP contribution in [-0.4, -0.2) is 23.3 Å². The fourth-order valence-electron chi connectivity index (χ4n) is 3.31. The average Bonchev–Trinajstić information content (AvgIpc) is 3.07. The molecule has 1 N–H and O–H groups in total. The van der Waals surface area contributed by atoms with Crippen molar-refractivity contribution in [3.63, 3.8) is 0 Å². The molecule has 0 radical (unpaired) electrons.